The molecule has 0 radical (unpaired) electrons. The summed E-state index contributed by atoms with van der Waals surface area (Å²) in [4.78, 5) is 19.5. The molecule has 6 rings (SSSR count). The summed E-state index contributed by atoms with van der Waals surface area (Å²) in [5, 5.41) is 11.3. The van der Waals surface area contributed by atoms with Gasteiger partial charge in [-0.05, 0) is 59.9 Å². The number of hydrogen-bond donors (Lipinski definition) is 1. The zero-order valence-electron chi connectivity index (χ0n) is 19.2. The third kappa shape index (κ3) is 3.82. The van der Waals surface area contributed by atoms with Crippen molar-refractivity contribution in [2.75, 3.05) is 7.11 Å². The molecule has 1 aliphatic carbocycles. The smallest absolute Gasteiger partial charge is 0.271 e. The summed E-state index contributed by atoms with van der Waals surface area (Å²) in [5.41, 5.74) is 5.77. The lowest BCUT2D eigenvalue weighted by molar-refractivity contribution is 0.372. The molecule has 0 unspecified atom stereocenters. The van der Waals surface area contributed by atoms with E-state index < -0.39 is 0 Å². The maximum absolute atomic E-state index is 13.8. The fourth-order valence-electron chi connectivity index (χ4n) is 4.97. The Kier molecular flexibility index (Phi) is 5.86. The maximum Gasteiger partial charge on any atom is 0.271 e. The van der Waals surface area contributed by atoms with Gasteiger partial charge in [0.1, 0.15) is 0 Å². The zero-order chi connectivity index (χ0) is 25.0. The number of aromatic nitrogens is 1. The van der Waals surface area contributed by atoms with Crippen LogP contribution in [0.1, 0.15) is 34.7 Å². The fraction of sp³-hybridized carbons (Fsp3) is 0.143. The van der Waals surface area contributed by atoms with Gasteiger partial charge in [0.15, 0.2) is 16.3 Å². The number of fused-ring (bicyclic) bond motifs is 3. The number of thiazole rings is 1. The third-order valence-corrected chi connectivity index (χ3v) is 8.33. The molecule has 1 aromatic heterocycles. The van der Waals surface area contributed by atoms with Gasteiger partial charge < -0.3 is 9.84 Å². The minimum Gasteiger partial charge on any atom is -0.504 e. The molecule has 0 saturated carbocycles. The van der Waals surface area contributed by atoms with Crippen LogP contribution in [0.3, 0.4) is 0 Å². The van der Waals surface area contributed by atoms with Crippen LogP contribution in [0.4, 0.5) is 0 Å². The summed E-state index contributed by atoms with van der Waals surface area (Å²) in [5.74, 6) is 0.309. The van der Waals surface area contributed by atoms with E-state index in [-0.39, 0.29) is 17.4 Å². The standard InChI is InChI=1S/C28H20BrClN2O3S/c1-35-22-14-18(29)12-17(26(22)33)13-23-27(34)32-25(16-6-9-19(30)10-7-16)21-11-8-15-4-2-3-5-20(15)24(21)31-28(32)36-23/h2-7,9-10,12-14,25,33H,8,11H2,1H3/b23-13+/t25-/m1/s1. The van der Waals surface area contributed by atoms with Crippen molar-refractivity contribution in [1.29, 1.82) is 0 Å². The molecular weight excluding hydrogens is 560 g/mol. The van der Waals surface area contributed by atoms with Crippen LogP contribution in [-0.2, 0) is 6.42 Å². The molecule has 0 amide bonds. The fourth-order valence-corrected chi connectivity index (χ4v) is 6.54. The summed E-state index contributed by atoms with van der Waals surface area (Å²) < 4.78 is 8.28. The molecule has 1 atom stereocenters. The van der Waals surface area contributed by atoms with E-state index in [2.05, 4.69) is 34.1 Å². The van der Waals surface area contributed by atoms with E-state index in [0.29, 0.717) is 25.7 Å². The predicted octanol–water partition coefficient (Wildman–Crippen LogP) is 5.45. The van der Waals surface area contributed by atoms with E-state index in [4.69, 9.17) is 21.3 Å². The van der Waals surface area contributed by atoms with Gasteiger partial charge >= 0.3 is 0 Å². The summed E-state index contributed by atoms with van der Waals surface area (Å²) >= 11 is 11.0. The van der Waals surface area contributed by atoms with E-state index in [9.17, 15) is 9.90 Å². The average Bonchev–Trinajstić information content (AvgIpc) is 3.19. The molecular formula is C28H20BrClN2O3S. The van der Waals surface area contributed by atoms with Crippen molar-refractivity contribution in [3.63, 3.8) is 0 Å². The number of ether oxygens (including phenoxy) is 1. The van der Waals surface area contributed by atoms with Crippen LogP contribution >= 0.6 is 38.9 Å². The topological polar surface area (TPSA) is 63.8 Å². The van der Waals surface area contributed by atoms with E-state index in [1.54, 1.807) is 22.8 Å². The summed E-state index contributed by atoms with van der Waals surface area (Å²) in [6.45, 7) is 0. The van der Waals surface area contributed by atoms with Crippen LogP contribution < -0.4 is 19.6 Å². The molecule has 1 aliphatic heterocycles. The van der Waals surface area contributed by atoms with Crippen LogP contribution in [0.25, 0.3) is 11.8 Å². The first-order chi connectivity index (χ1) is 17.4. The van der Waals surface area contributed by atoms with Crippen molar-refractivity contribution in [2.45, 2.75) is 18.9 Å². The summed E-state index contributed by atoms with van der Waals surface area (Å²) in [7, 11) is 1.49. The van der Waals surface area contributed by atoms with Crippen LogP contribution in [-0.4, -0.2) is 16.8 Å². The minimum absolute atomic E-state index is 0.0194. The van der Waals surface area contributed by atoms with E-state index >= 15 is 0 Å². The molecule has 0 fully saturated rings. The number of phenols is 1. The van der Waals surface area contributed by atoms with Crippen molar-refractivity contribution in [1.82, 2.24) is 4.57 Å². The lowest BCUT2D eigenvalue weighted by atomic mass is 9.83. The predicted molar refractivity (Wildman–Crippen MR) is 147 cm³/mol. The lowest BCUT2D eigenvalue weighted by Crippen LogP contribution is -2.38. The Morgan fingerprint density at radius 3 is 2.72 bits per heavy atom. The third-order valence-electron chi connectivity index (χ3n) is 6.63. The molecule has 0 saturated heterocycles. The first kappa shape index (κ1) is 23.3. The van der Waals surface area contributed by atoms with Crippen molar-refractivity contribution in [3.05, 3.63) is 118 Å². The summed E-state index contributed by atoms with van der Waals surface area (Å²) in [6, 6.07) is 19.2. The van der Waals surface area contributed by atoms with Crippen LogP contribution in [0.15, 0.2) is 80.5 Å². The molecule has 180 valence electrons. The molecule has 4 aromatic rings. The number of halogens is 2. The largest absolute Gasteiger partial charge is 0.504 e. The number of methoxy groups -OCH3 is 1. The highest BCUT2D eigenvalue weighted by Crippen LogP contribution is 2.41. The van der Waals surface area contributed by atoms with E-state index in [1.165, 1.54) is 24.0 Å². The first-order valence-electron chi connectivity index (χ1n) is 11.4. The number of benzene rings is 3. The number of nitrogens with zero attached hydrogens (tertiary/aromatic N) is 2. The Bertz CT molecular complexity index is 1740. The number of rotatable bonds is 3. The maximum atomic E-state index is 13.8. The highest BCUT2D eigenvalue weighted by molar-refractivity contribution is 9.10. The van der Waals surface area contributed by atoms with Gasteiger partial charge in [0.2, 0.25) is 0 Å². The quantitative estimate of drug-likeness (QED) is 0.351. The number of hydrogen-bond acceptors (Lipinski definition) is 5. The van der Waals surface area contributed by atoms with Crippen LogP contribution in [0.5, 0.6) is 11.5 Å². The normalized spacial score (nSPS) is 16.8. The second-order valence-corrected chi connectivity index (χ2v) is 11.1. The minimum atomic E-state index is -0.283. The lowest BCUT2D eigenvalue weighted by Gasteiger charge is -2.30. The van der Waals surface area contributed by atoms with Gasteiger partial charge in [-0.1, -0.05) is 75.3 Å². The number of aromatic hydroxyl groups is 1. The van der Waals surface area contributed by atoms with Crippen LogP contribution in [0.2, 0.25) is 5.02 Å². The van der Waals surface area contributed by atoms with Gasteiger partial charge in [-0.3, -0.25) is 9.36 Å². The van der Waals surface area contributed by atoms with Gasteiger partial charge in [-0.25, -0.2) is 4.99 Å². The van der Waals surface area contributed by atoms with Gasteiger partial charge in [0.05, 0.1) is 23.4 Å². The monoisotopic (exact) mass is 578 g/mol. The van der Waals surface area contributed by atoms with Gasteiger partial charge in [0, 0.05) is 20.6 Å². The van der Waals surface area contributed by atoms with Crippen molar-refractivity contribution in [3.8, 4) is 11.5 Å². The Morgan fingerprint density at radius 1 is 1.17 bits per heavy atom. The molecule has 2 heterocycles. The van der Waals surface area contributed by atoms with Crippen LogP contribution in [0, 0.1) is 0 Å². The summed E-state index contributed by atoms with van der Waals surface area (Å²) in [6.07, 6.45) is 3.41. The van der Waals surface area contributed by atoms with E-state index in [1.807, 2.05) is 30.3 Å². The van der Waals surface area contributed by atoms with Gasteiger partial charge in [-0.15, -0.1) is 0 Å². The highest BCUT2D eigenvalue weighted by atomic mass is 79.9. The number of aryl methyl sites for hydroxylation is 1. The number of allylic oxidation sites excluding steroid dienone is 1. The van der Waals surface area contributed by atoms with Gasteiger partial charge in [0.25, 0.3) is 5.56 Å². The second kappa shape index (κ2) is 9.07. The Hall–Kier alpha value is -3.13. The average molecular weight is 580 g/mol. The molecule has 2 aliphatic rings. The van der Waals surface area contributed by atoms with E-state index in [0.717, 1.165) is 39.7 Å². The Morgan fingerprint density at radius 2 is 1.94 bits per heavy atom. The Labute approximate surface area is 224 Å². The zero-order valence-corrected chi connectivity index (χ0v) is 22.3. The second-order valence-electron chi connectivity index (χ2n) is 8.71. The highest BCUT2D eigenvalue weighted by Gasteiger charge is 2.32. The molecule has 36 heavy (non-hydrogen) atoms. The molecule has 0 bridgehead atoms. The molecule has 0 spiro atoms. The Balaban J connectivity index is 1.62. The molecule has 1 N–H and O–H groups in total. The molecule has 5 nitrogen and oxygen atoms in total. The molecule has 8 heteroatoms. The first-order valence-corrected chi connectivity index (χ1v) is 13.4. The van der Waals surface area contributed by atoms with Crippen molar-refractivity contribution in [2.24, 2.45) is 4.99 Å². The van der Waals surface area contributed by atoms with Crippen molar-refractivity contribution < 1.29 is 9.84 Å². The van der Waals surface area contributed by atoms with Gasteiger partial charge in [-0.2, -0.15) is 0 Å². The van der Waals surface area contributed by atoms with Crippen molar-refractivity contribution >= 4 is 50.6 Å². The molecule has 3 aromatic carbocycles. The SMILES string of the molecule is COc1cc(Br)cc(/C=c2/sc3n(c2=O)[C@H](c2ccc(Cl)cc2)C2=C(N=3)c3ccccc3CC2)c1O. The number of phenolic OH excluding ortho intramolecular Hbond substituents is 1.